The minimum absolute atomic E-state index is 0.717. The normalized spacial score (nSPS) is 10.6. The minimum atomic E-state index is 0.717. The van der Waals surface area contributed by atoms with E-state index in [1.807, 2.05) is 18.2 Å². The fourth-order valence-electron chi connectivity index (χ4n) is 1.46. The Morgan fingerprint density at radius 3 is 2.82 bits per heavy atom. The smallest absolute Gasteiger partial charge is 0.208 e. The molecule has 1 aromatic heterocycles. The van der Waals surface area contributed by atoms with Crippen LogP contribution in [0.5, 0.6) is 0 Å². The summed E-state index contributed by atoms with van der Waals surface area (Å²) in [6, 6.07) is 10.2. The lowest BCUT2D eigenvalue weighted by Gasteiger charge is -1.95. The van der Waals surface area contributed by atoms with Crippen LogP contribution >= 0.6 is 11.8 Å². The molecule has 0 saturated carbocycles. The molecule has 2 aromatic rings. The molecule has 0 atom stereocenters. The van der Waals surface area contributed by atoms with Crippen LogP contribution in [0.1, 0.15) is 17.8 Å². The van der Waals surface area contributed by atoms with Gasteiger partial charge in [-0.2, -0.15) is 0 Å². The third-order valence-electron chi connectivity index (χ3n) is 2.31. The van der Waals surface area contributed by atoms with Gasteiger partial charge in [0.1, 0.15) is 5.82 Å². The molecule has 0 aliphatic carbocycles. The Labute approximate surface area is 105 Å². The van der Waals surface area contributed by atoms with Crippen molar-refractivity contribution >= 4 is 11.8 Å². The van der Waals surface area contributed by atoms with Crippen molar-refractivity contribution in [2.45, 2.75) is 18.0 Å². The minimum Gasteiger partial charge on any atom is -0.330 e. The van der Waals surface area contributed by atoms with Crippen LogP contribution in [0.4, 0.5) is 0 Å². The predicted molar refractivity (Wildman–Crippen MR) is 70.0 cm³/mol. The highest BCUT2D eigenvalue weighted by Gasteiger charge is 2.04. The molecule has 0 spiro atoms. The summed E-state index contributed by atoms with van der Waals surface area (Å²) < 4.78 is 0. The van der Waals surface area contributed by atoms with E-state index in [0.717, 1.165) is 29.6 Å². The van der Waals surface area contributed by atoms with Crippen molar-refractivity contribution in [3.8, 4) is 0 Å². The van der Waals surface area contributed by atoms with Gasteiger partial charge in [0.2, 0.25) is 5.16 Å². The second kappa shape index (κ2) is 6.42. The fourth-order valence-corrected chi connectivity index (χ4v) is 2.24. The van der Waals surface area contributed by atoms with Gasteiger partial charge in [-0.15, -0.1) is 5.10 Å². The molecule has 0 radical (unpaired) electrons. The number of benzene rings is 1. The van der Waals surface area contributed by atoms with Crippen LogP contribution in [0.2, 0.25) is 0 Å². The van der Waals surface area contributed by atoms with Gasteiger partial charge in [0.15, 0.2) is 0 Å². The Kier molecular flexibility index (Phi) is 4.58. The molecule has 0 fully saturated rings. The highest BCUT2D eigenvalue weighted by Crippen LogP contribution is 2.14. The van der Waals surface area contributed by atoms with E-state index in [1.165, 1.54) is 5.56 Å². The van der Waals surface area contributed by atoms with Gasteiger partial charge in [-0.3, -0.25) is 5.10 Å². The van der Waals surface area contributed by atoms with Crippen molar-refractivity contribution in [1.29, 1.82) is 0 Å². The second-order valence-corrected chi connectivity index (χ2v) is 4.78. The van der Waals surface area contributed by atoms with Gasteiger partial charge < -0.3 is 5.73 Å². The summed E-state index contributed by atoms with van der Waals surface area (Å²) in [4.78, 5) is 4.43. The van der Waals surface area contributed by atoms with Crippen LogP contribution in [0.25, 0.3) is 0 Å². The molecule has 90 valence electrons. The summed E-state index contributed by atoms with van der Waals surface area (Å²) >= 11 is 1.64. The van der Waals surface area contributed by atoms with Gasteiger partial charge in [-0.25, -0.2) is 4.98 Å². The maximum atomic E-state index is 5.44. The molecule has 2 rings (SSSR count). The first-order valence-electron chi connectivity index (χ1n) is 5.66. The molecular weight excluding hydrogens is 232 g/mol. The van der Waals surface area contributed by atoms with Crippen LogP contribution in [-0.4, -0.2) is 27.5 Å². The van der Waals surface area contributed by atoms with Crippen LogP contribution in [-0.2, 0) is 6.42 Å². The van der Waals surface area contributed by atoms with Gasteiger partial charge in [0.25, 0.3) is 0 Å². The molecule has 0 amide bonds. The molecule has 0 aliphatic rings. The van der Waals surface area contributed by atoms with E-state index in [9.17, 15) is 0 Å². The van der Waals surface area contributed by atoms with E-state index in [1.54, 1.807) is 11.8 Å². The summed E-state index contributed by atoms with van der Waals surface area (Å²) in [7, 11) is 0. The van der Waals surface area contributed by atoms with Crippen molar-refractivity contribution in [3.05, 3.63) is 41.7 Å². The molecule has 0 unspecified atom stereocenters. The van der Waals surface area contributed by atoms with Gasteiger partial charge in [0, 0.05) is 12.2 Å². The Hall–Kier alpha value is -1.33. The molecule has 1 aromatic carbocycles. The summed E-state index contributed by atoms with van der Waals surface area (Å²) in [6.45, 7) is 0.717. The van der Waals surface area contributed by atoms with E-state index < -0.39 is 0 Å². The maximum absolute atomic E-state index is 5.44. The predicted octanol–water partition coefficient (Wildman–Crippen LogP) is 1.84. The third kappa shape index (κ3) is 3.87. The number of thioether (sulfide) groups is 1. The molecule has 0 saturated heterocycles. The standard InChI is InChI=1S/C12H16N4S/c13-7-4-8-17-12-14-11(15-16-12)9-10-5-2-1-3-6-10/h1-3,5-6H,4,7-9,13H2,(H,14,15,16). The molecular formula is C12H16N4S. The molecule has 0 bridgehead atoms. The first-order valence-corrected chi connectivity index (χ1v) is 6.65. The lowest BCUT2D eigenvalue weighted by Crippen LogP contribution is -1.99. The second-order valence-electron chi connectivity index (χ2n) is 3.72. The van der Waals surface area contributed by atoms with Crippen molar-refractivity contribution in [1.82, 2.24) is 15.2 Å². The van der Waals surface area contributed by atoms with E-state index in [-0.39, 0.29) is 0 Å². The number of hydrogen-bond acceptors (Lipinski definition) is 4. The van der Waals surface area contributed by atoms with E-state index in [4.69, 9.17) is 5.73 Å². The number of hydrogen-bond donors (Lipinski definition) is 2. The molecule has 4 nitrogen and oxygen atoms in total. The molecule has 0 aliphatic heterocycles. The van der Waals surface area contributed by atoms with Gasteiger partial charge in [-0.1, -0.05) is 42.1 Å². The molecule has 3 N–H and O–H groups in total. The fraction of sp³-hybridized carbons (Fsp3) is 0.333. The van der Waals surface area contributed by atoms with Crippen molar-refractivity contribution in [2.24, 2.45) is 5.73 Å². The Morgan fingerprint density at radius 1 is 1.24 bits per heavy atom. The number of aromatic nitrogens is 3. The van der Waals surface area contributed by atoms with Crippen LogP contribution in [0.15, 0.2) is 35.5 Å². The number of H-pyrrole nitrogens is 1. The van der Waals surface area contributed by atoms with Crippen molar-refractivity contribution < 1.29 is 0 Å². The summed E-state index contributed by atoms with van der Waals surface area (Å²) in [5, 5.41) is 7.95. The zero-order valence-electron chi connectivity index (χ0n) is 9.60. The Morgan fingerprint density at radius 2 is 2.06 bits per heavy atom. The van der Waals surface area contributed by atoms with Crippen molar-refractivity contribution in [3.63, 3.8) is 0 Å². The number of aromatic amines is 1. The number of nitrogens with zero attached hydrogens (tertiary/aromatic N) is 2. The maximum Gasteiger partial charge on any atom is 0.208 e. The van der Waals surface area contributed by atoms with E-state index in [0.29, 0.717) is 6.54 Å². The van der Waals surface area contributed by atoms with E-state index in [2.05, 4.69) is 27.3 Å². The van der Waals surface area contributed by atoms with Gasteiger partial charge >= 0.3 is 0 Å². The Bertz CT molecular complexity index is 441. The quantitative estimate of drug-likeness (QED) is 0.604. The average molecular weight is 248 g/mol. The lowest BCUT2D eigenvalue weighted by molar-refractivity contribution is 0.928. The SMILES string of the molecule is NCCCSc1n[nH]c(Cc2ccccc2)n1. The number of nitrogens with one attached hydrogen (secondary N) is 1. The summed E-state index contributed by atoms with van der Waals surface area (Å²) in [6.07, 6.45) is 1.79. The zero-order chi connectivity index (χ0) is 11.9. The first kappa shape index (κ1) is 12.1. The van der Waals surface area contributed by atoms with Crippen molar-refractivity contribution in [2.75, 3.05) is 12.3 Å². The van der Waals surface area contributed by atoms with Crippen LogP contribution in [0.3, 0.4) is 0 Å². The molecule has 1 heterocycles. The van der Waals surface area contributed by atoms with Crippen LogP contribution < -0.4 is 5.73 Å². The monoisotopic (exact) mass is 248 g/mol. The molecule has 17 heavy (non-hydrogen) atoms. The largest absolute Gasteiger partial charge is 0.330 e. The van der Waals surface area contributed by atoms with Crippen LogP contribution in [0, 0.1) is 0 Å². The topological polar surface area (TPSA) is 67.6 Å². The third-order valence-corrected chi connectivity index (χ3v) is 3.24. The Balaban J connectivity index is 1.90. The first-order chi connectivity index (χ1) is 8.38. The highest BCUT2D eigenvalue weighted by molar-refractivity contribution is 7.99. The average Bonchev–Trinajstić information content (AvgIpc) is 2.79. The van der Waals surface area contributed by atoms with Gasteiger partial charge in [-0.05, 0) is 18.5 Å². The molecule has 5 heteroatoms. The summed E-state index contributed by atoms with van der Waals surface area (Å²) in [5.74, 6) is 1.88. The number of nitrogens with two attached hydrogens (primary N) is 1. The zero-order valence-corrected chi connectivity index (χ0v) is 10.4. The number of rotatable bonds is 6. The van der Waals surface area contributed by atoms with Gasteiger partial charge in [0.05, 0.1) is 0 Å². The van der Waals surface area contributed by atoms with E-state index >= 15 is 0 Å². The lowest BCUT2D eigenvalue weighted by atomic mass is 10.1. The highest BCUT2D eigenvalue weighted by atomic mass is 32.2. The summed E-state index contributed by atoms with van der Waals surface area (Å²) in [5.41, 5.74) is 6.68.